The lowest BCUT2D eigenvalue weighted by molar-refractivity contribution is -0.313. The number of carboxylic acids is 1. The first kappa shape index (κ1) is 18.5. The lowest BCUT2D eigenvalue weighted by Gasteiger charge is -2.28. The number of hydrogen-bond donors (Lipinski definition) is 1. The van der Waals surface area contributed by atoms with Crippen molar-refractivity contribution in [2.45, 2.75) is 18.8 Å². The first-order valence-electron chi connectivity index (χ1n) is 9.92. The van der Waals surface area contributed by atoms with E-state index in [9.17, 15) is 14.7 Å². The average Bonchev–Trinajstić information content (AvgIpc) is 3.34. The lowest BCUT2D eigenvalue weighted by atomic mass is 9.82. The van der Waals surface area contributed by atoms with Crippen LogP contribution >= 0.6 is 0 Å². The van der Waals surface area contributed by atoms with Crippen LogP contribution in [0.5, 0.6) is 0 Å². The van der Waals surface area contributed by atoms with Gasteiger partial charge in [-0.15, -0.1) is 0 Å². The number of hydrogen-bond acceptors (Lipinski definition) is 3. The number of nitrogens with one attached hydrogen (secondary N) is 1. The van der Waals surface area contributed by atoms with E-state index >= 15 is 0 Å². The third kappa shape index (κ3) is 3.59. The number of carbonyl (C=O) groups excluding carboxylic acids is 2. The van der Waals surface area contributed by atoms with Gasteiger partial charge in [-0.25, -0.2) is 0 Å². The number of aliphatic carboxylic acids is 1. The highest BCUT2D eigenvalue weighted by Gasteiger charge is 2.48. The van der Waals surface area contributed by atoms with E-state index in [4.69, 9.17) is 0 Å². The van der Waals surface area contributed by atoms with Crippen LogP contribution in [0.2, 0.25) is 0 Å². The van der Waals surface area contributed by atoms with Crippen molar-refractivity contribution in [3.05, 3.63) is 83.9 Å². The van der Waals surface area contributed by atoms with Gasteiger partial charge in [-0.1, -0.05) is 72.8 Å². The van der Waals surface area contributed by atoms with E-state index in [0.29, 0.717) is 6.54 Å². The average molecular weight is 374 g/mol. The molecule has 2 aromatic rings. The largest absolute Gasteiger partial charge is 0.550 e. The molecule has 2 aliphatic carbocycles. The Labute approximate surface area is 165 Å². The highest BCUT2D eigenvalue weighted by molar-refractivity contribution is 5.86. The van der Waals surface area contributed by atoms with Crippen LogP contribution < -0.4 is 10.4 Å². The SMILES string of the molecule is O=C([O-])[C@H]1[C@H](C(=O)NCCC(c2ccccc2)c2ccccc2)[C@H]2C=C[C@@H]1C2. The van der Waals surface area contributed by atoms with Crippen molar-refractivity contribution in [1.82, 2.24) is 5.32 Å². The minimum absolute atomic E-state index is 0.0203. The molecule has 4 atom stereocenters. The molecule has 1 fully saturated rings. The van der Waals surface area contributed by atoms with Crippen molar-refractivity contribution in [3.8, 4) is 0 Å². The molecular formula is C24H24NO3-. The standard InChI is InChI=1S/C24H25NO3/c26-23(21-18-11-12-19(15-18)22(21)24(27)28)25-14-13-20(16-7-3-1-4-8-16)17-9-5-2-6-10-17/h1-12,18-22H,13-15H2,(H,25,26)(H,27,28)/p-1/t18-,19+,21+,22+/m0/s1. The molecule has 0 spiro atoms. The van der Waals surface area contributed by atoms with Gasteiger partial charge >= 0.3 is 0 Å². The molecule has 2 aliphatic rings. The van der Waals surface area contributed by atoms with E-state index in [1.54, 1.807) is 0 Å². The van der Waals surface area contributed by atoms with E-state index in [1.165, 1.54) is 11.1 Å². The van der Waals surface area contributed by atoms with Crippen LogP contribution in [0.3, 0.4) is 0 Å². The lowest BCUT2D eigenvalue weighted by Crippen LogP contribution is -2.45. The zero-order valence-electron chi connectivity index (χ0n) is 15.7. The number of amides is 1. The molecule has 0 saturated heterocycles. The Morgan fingerprint density at radius 1 is 0.893 bits per heavy atom. The van der Waals surface area contributed by atoms with E-state index < -0.39 is 17.8 Å². The van der Waals surface area contributed by atoms with Gasteiger partial charge in [-0.2, -0.15) is 0 Å². The second kappa shape index (κ2) is 8.01. The summed E-state index contributed by atoms with van der Waals surface area (Å²) in [4.78, 5) is 24.3. The predicted octanol–water partition coefficient (Wildman–Crippen LogP) is 2.51. The Kier molecular flexibility index (Phi) is 5.29. The number of carbonyl (C=O) groups is 2. The number of benzene rings is 2. The monoisotopic (exact) mass is 374 g/mol. The summed E-state index contributed by atoms with van der Waals surface area (Å²) in [5, 5.41) is 14.5. The van der Waals surface area contributed by atoms with Crippen molar-refractivity contribution in [2.75, 3.05) is 6.54 Å². The summed E-state index contributed by atoms with van der Waals surface area (Å²) in [5.74, 6) is -2.34. The van der Waals surface area contributed by atoms with Gasteiger partial charge in [0.05, 0.1) is 5.92 Å². The van der Waals surface area contributed by atoms with Crippen molar-refractivity contribution in [2.24, 2.45) is 23.7 Å². The van der Waals surface area contributed by atoms with Crippen LogP contribution in [0.1, 0.15) is 29.9 Å². The van der Waals surface area contributed by atoms with Crippen molar-refractivity contribution < 1.29 is 14.7 Å². The zero-order chi connectivity index (χ0) is 19.5. The maximum atomic E-state index is 12.8. The summed E-state index contributed by atoms with van der Waals surface area (Å²) in [5.41, 5.74) is 2.41. The molecule has 1 amide bonds. The molecular weight excluding hydrogens is 350 g/mol. The molecule has 0 radical (unpaired) electrons. The number of carboxylic acid groups (broad SMARTS) is 1. The van der Waals surface area contributed by atoms with Gasteiger partial charge in [0.2, 0.25) is 5.91 Å². The molecule has 2 bridgehead atoms. The Balaban J connectivity index is 1.43. The predicted molar refractivity (Wildman–Crippen MR) is 105 cm³/mol. The van der Waals surface area contributed by atoms with Gasteiger partial charge in [0, 0.05) is 24.3 Å². The van der Waals surface area contributed by atoms with Crippen molar-refractivity contribution >= 4 is 11.9 Å². The van der Waals surface area contributed by atoms with E-state index in [0.717, 1.165) is 12.8 Å². The Hall–Kier alpha value is -2.88. The number of fused-ring (bicyclic) bond motifs is 2. The van der Waals surface area contributed by atoms with Crippen molar-refractivity contribution in [1.29, 1.82) is 0 Å². The third-order valence-electron chi connectivity index (χ3n) is 6.17. The summed E-state index contributed by atoms with van der Waals surface area (Å²) < 4.78 is 0. The molecule has 0 unspecified atom stereocenters. The summed E-state index contributed by atoms with van der Waals surface area (Å²) >= 11 is 0. The minimum atomic E-state index is -1.11. The number of rotatable bonds is 7. The fourth-order valence-electron chi connectivity index (χ4n) is 4.86. The molecule has 4 heteroatoms. The van der Waals surface area contributed by atoms with Gasteiger partial charge in [0.1, 0.15) is 0 Å². The smallest absolute Gasteiger partial charge is 0.224 e. The molecule has 4 nitrogen and oxygen atoms in total. The second-order valence-electron chi connectivity index (χ2n) is 7.77. The summed E-state index contributed by atoms with van der Waals surface area (Å²) in [6.45, 7) is 0.505. The summed E-state index contributed by atoms with van der Waals surface area (Å²) in [7, 11) is 0. The third-order valence-corrected chi connectivity index (χ3v) is 6.17. The molecule has 1 N–H and O–H groups in total. The molecule has 1 saturated carbocycles. The van der Waals surface area contributed by atoms with Crippen LogP contribution in [0.25, 0.3) is 0 Å². The normalized spacial score (nSPS) is 25.2. The van der Waals surface area contributed by atoms with Gasteiger partial charge in [-0.3, -0.25) is 4.79 Å². The number of allylic oxidation sites excluding steroid dienone is 2. The Morgan fingerprint density at radius 2 is 1.43 bits per heavy atom. The first-order chi connectivity index (χ1) is 13.6. The molecule has 28 heavy (non-hydrogen) atoms. The summed E-state index contributed by atoms with van der Waals surface area (Å²) in [6, 6.07) is 20.5. The van der Waals surface area contributed by atoms with Crippen LogP contribution in [0.4, 0.5) is 0 Å². The van der Waals surface area contributed by atoms with E-state index in [2.05, 4.69) is 29.6 Å². The highest BCUT2D eigenvalue weighted by Crippen LogP contribution is 2.47. The van der Waals surface area contributed by atoms with Gasteiger partial charge in [0.25, 0.3) is 0 Å². The fraction of sp³-hybridized carbons (Fsp3) is 0.333. The quantitative estimate of drug-likeness (QED) is 0.757. The molecule has 0 aromatic heterocycles. The van der Waals surface area contributed by atoms with Gasteiger partial charge in [-0.05, 0) is 35.8 Å². The topological polar surface area (TPSA) is 69.2 Å². The fourth-order valence-corrected chi connectivity index (χ4v) is 4.86. The van der Waals surface area contributed by atoms with Gasteiger partial charge < -0.3 is 15.2 Å². The molecule has 0 heterocycles. The first-order valence-corrected chi connectivity index (χ1v) is 9.92. The minimum Gasteiger partial charge on any atom is -0.550 e. The maximum absolute atomic E-state index is 12.8. The Bertz CT molecular complexity index is 822. The molecule has 2 aromatic carbocycles. The molecule has 0 aliphatic heterocycles. The summed E-state index contributed by atoms with van der Waals surface area (Å²) in [6.07, 6.45) is 5.42. The van der Waals surface area contributed by atoms with Gasteiger partial charge in [0.15, 0.2) is 0 Å². The molecule has 4 rings (SSSR count). The van der Waals surface area contributed by atoms with E-state index in [1.807, 2.05) is 48.6 Å². The highest BCUT2D eigenvalue weighted by atomic mass is 16.4. The van der Waals surface area contributed by atoms with Crippen LogP contribution in [-0.2, 0) is 9.59 Å². The second-order valence-corrected chi connectivity index (χ2v) is 7.77. The van der Waals surface area contributed by atoms with Crippen LogP contribution in [0, 0.1) is 23.7 Å². The van der Waals surface area contributed by atoms with Crippen LogP contribution in [-0.4, -0.2) is 18.4 Å². The maximum Gasteiger partial charge on any atom is 0.224 e. The Morgan fingerprint density at radius 3 is 1.96 bits per heavy atom. The van der Waals surface area contributed by atoms with Crippen LogP contribution in [0.15, 0.2) is 72.8 Å². The zero-order valence-corrected chi connectivity index (χ0v) is 15.7. The molecule has 144 valence electrons. The van der Waals surface area contributed by atoms with Crippen molar-refractivity contribution in [3.63, 3.8) is 0 Å². The van der Waals surface area contributed by atoms with E-state index in [-0.39, 0.29) is 23.7 Å².